The van der Waals surface area contributed by atoms with Crippen LogP contribution in [0.1, 0.15) is 5.56 Å². The van der Waals surface area contributed by atoms with Crippen LogP contribution in [0.3, 0.4) is 0 Å². The molecular formula is C15H19F2N3O. The number of carbonyl (C=O) groups is 1. The van der Waals surface area contributed by atoms with E-state index >= 15 is 0 Å². The number of amides is 2. The minimum absolute atomic E-state index is 0.108. The summed E-state index contributed by atoms with van der Waals surface area (Å²) in [5, 5.41) is 5.83. The van der Waals surface area contributed by atoms with Gasteiger partial charge in [0, 0.05) is 32.7 Å². The lowest BCUT2D eigenvalue weighted by Gasteiger charge is -2.47. The van der Waals surface area contributed by atoms with Gasteiger partial charge in [-0.05, 0) is 5.56 Å². The zero-order valence-electron chi connectivity index (χ0n) is 11.7. The largest absolute Gasteiger partial charge is 0.334 e. The van der Waals surface area contributed by atoms with Crippen LogP contribution in [0.25, 0.3) is 0 Å². The third-order valence-electron chi connectivity index (χ3n) is 4.33. The predicted molar refractivity (Wildman–Crippen MR) is 75.0 cm³/mol. The molecular weight excluding hydrogens is 276 g/mol. The number of hydrogen-bond donors (Lipinski definition) is 2. The van der Waals surface area contributed by atoms with Gasteiger partial charge in [-0.3, -0.25) is 0 Å². The molecule has 6 heteroatoms. The fourth-order valence-electron chi connectivity index (χ4n) is 3.07. The van der Waals surface area contributed by atoms with E-state index in [4.69, 9.17) is 0 Å². The molecule has 114 valence electrons. The molecule has 1 aromatic rings. The molecule has 0 saturated carbocycles. The van der Waals surface area contributed by atoms with Gasteiger partial charge in [0.1, 0.15) is 0 Å². The molecule has 2 N–H and O–H groups in total. The lowest BCUT2D eigenvalue weighted by Crippen LogP contribution is -2.64. The number of hydrogen-bond acceptors (Lipinski definition) is 2. The summed E-state index contributed by atoms with van der Waals surface area (Å²) in [6.45, 7) is 1.17. The van der Waals surface area contributed by atoms with Crippen molar-refractivity contribution in [1.82, 2.24) is 15.5 Å². The Kier molecular flexibility index (Phi) is 3.80. The van der Waals surface area contributed by atoms with Gasteiger partial charge < -0.3 is 15.5 Å². The summed E-state index contributed by atoms with van der Waals surface area (Å²) in [6.07, 6.45) is 0. The van der Waals surface area contributed by atoms with E-state index < -0.39 is 17.8 Å². The first-order valence-corrected chi connectivity index (χ1v) is 7.22. The molecule has 4 nitrogen and oxygen atoms in total. The van der Waals surface area contributed by atoms with E-state index in [0.29, 0.717) is 6.54 Å². The molecule has 2 bridgehead atoms. The van der Waals surface area contributed by atoms with Crippen LogP contribution in [0.2, 0.25) is 0 Å². The number of fused-ring (bicyclic) bond motifs is 2. The maximum Gasteiger partial charge on any atom is 0.317 e. The Morgan fingerprint density at radius 2 is 1.86 bits per heavy atom. The van der Waals surface area contributed by atoms with E-state index in [2.05, 4.69) is 10.6 Å². The highest BCUT2D eigenvalue weighted by molar-refractivity contribution is 5.74. The highest BCUT2D eigenvalue weighted by Crippen LogP contribution is 2.39. The summed E-state index contributed by atoms with van der Waals surface area (Å²) in [7, 11) is 0. The lowest BCUT2D eigenvalue weighted by atomic mass is 9.81. The molecule has 0 aliphatic carbocycles. The third-order valence-corrected chi connectivity index (χ3v) is 4.33. The fourth-order valence-corrected chi connectivity index (χ4v) is 3.07. The molecule has 2 atom stereocenters. The Morgan fingerprint density at radius 3 is 2.48 bits per heavy atom. The second-order valence-corrected chi connectivity index (χ2v) is 5.78. The number of rotatable bonds is 2. The van der Waals surface area contributed by atoms with Crippen molar-refractivity contribution in [2.75, 3.05) is 26.2 Å². The SMILES string of the molecule is O=C(NCc1ccccc1)N1C[C@H]2CNC[C@@H](C1)C2(F)F. The summed E-state index contributed by atoms with van der Waals surface area (Å²) < 4.78 is 28.0. The average molecular weight is 295 g/mol. The van der Waals surface area contributed by atoms with Crippen molar-refractivity contribution in [3.8, 4) is 0 Å². The highest BCUT2D eigenvalue weighted by atomic mass is 19.3. The predicted octanol–water partition coefficient (Wildman–Crippen LogP) is 1.68. The second-order valence-electron chi connectivity index (χ2n) is 5.78. The van der Waals surface area contributed by atoms with Gasteiger partial charge in [0.25, 0.3) is 5.92 Å². The number of urea groups is 1. The maximum atomic E-state index is 14.0. The van der Waals surface area contributed by atoms with Crippen LogP contribution in [0, 0.1) is 11.8 Å². The minimum atomic E-state index is -2.67. The zero-order valence-corrected chi connectivity index (χ0v) is 11.7. The van der Waals surface area contributed by atoms with Gasteiger partial charge in [-0.1, -0.05) is 30.3 Å². The number of likely N-dealkylation sites (tertiary alicyclic amines) is 1. The second kappa shape index (κ2) is 5.60. The fraction of sp³-hybridized carbons (Fsp3) is 0.533. The van der Waals surface area contributed by atoms with Crippen molar-refractivity contribution in [3.05, 3.63) is 35.9 Å². The van der Waals surface area contributed by atoms with Gasteiger partial charge in [0.05, 0.1) is 11.8 Å². The van der Waals surface area contributed by atoms with Gasteiger partial charge in [0.15, 0.2) is 0 Å². The number of nitrogens with one attached hydrogen (secondary N) is 2. The average Bonchev–Trinajstić information content (AvgIpc) is 2.44. The van der Waals surface area contributed by atoms with Crippen LogP contribution >= 0.6 is 0 Å². The highest BCUT2D eigenvalue weighted by Gasteiger charge is 2.54. The van der Waals surface area contributed by atoms with E-state index in [1.165, 1.54) is 4.90 Å². The van der Waals surface area contributed by atoms with Gasteiger partial charge in [-0.25, -0.2) is 13.6 Å². The molecule has 0 spiro atoms. The summed E-state index contributed by atoms with van der Waals surface area (Å²) in [6, 6.07) is 9.29. The number of halogens is 2. The first-order chi connectivity index (χ1) is 10.1. The summed E-state index contributed by atoms with van der Waals surface area (Å²) in [5.41, 5.74) is 0.995. The minimum Gasteiger partial charge on any atom is -0.334 e. The van der Waals surface area contributed by atoms with Gasteiger partial charge in [-0.2, -0.15) is 0 Å². The summed E-state index contributed by atoms with van der Waals surface area (Å²) in [4.78, 5) is 13.7. The first kappa shape index (κ1) is 14.3. The van der Waals surface area contributed by atoms with Crippen molar-refractivity contribution in [2.24, 2.45) is 11.8 Å². The molecule has 3 rings (SSSR count). The van der Waals surface area contributed by atoms with E-state index in [0.717, 1.165) is 5.56 Å². The lowest BCUT2D eigenvalue weighted by molar-refractivity contribution is -0.155. The molecule has 2 aliphatic rings. The molecule has 2 saturated heterocycles. The van der Waals surface area contributed by atoms with Crippen molar-refractivity contribution < 1.29 is 13.6 Å². The maximum absolute atomic E-state index is 14.0. The molecule has 0 aromatic heterocycles. The Morgan fingerprint density at radius 1 is 1.24 bits per heavy atom. The van der Waals surface area contributed by atoms with E-state index in [1.54, 1.807) is 0 Å². The van der Waals surface area contributed by atoms with Crippen LogP contribution in [-0.2, 0) is 6.54 Å². The molecule has 2 aliphatic heterocycles. The third kappa shape index (κ3) is 2.85. The molecule has 21 heavy (non-hydrogen) atoms. The van der Waals surface area contributed by atoms with Crippen LogP contribution in [-0.4, -0.2) is 43.0 Å². The Hall–Kier alpha value is -1.69. The number of piperidine rings is 2. The zero-order chi connectivity index (χ0) is 14.9. The van der Waals surface area contributed by atoms with Gasteiger partial charge in [0.2, 0.25) is 0 Å². The molecule has 2 amide bonds. The first-order valence-electron chi connectivity index (χ1n) is 7.22. The molecule has 2 fully saturated rings. The van der Waals surface area contributed by atoms with Gasteiger partial charge in [-0.15, -0.1) is 0 Å². The van der Waals surface area contributed by atoms with Crippen LogP contribution < -0.4 is 10.6 Å². The van der Waals surface area contributed by atoms with Crippen LogP contribution in [0.15, 0.2) is 30.3 Å². The number of nitrogens with zero attached hydrogens (tertiary/aromatic N) is 1. The standard InChI is InChI=1S/C15H19F2N3O/c16-15(17)12-7-18-8-13(15)10-20(9-12)14(21)19-6-11-4-2-1-3-5-11/h1-5,12-13,18H,6-10H2,(H,19,21)/t12-,13+. The number of carbonyl (C=O) groups excluding carboxylic acids is 1. The van der Waals surface area contributed by atoms with Crippen molar-refractivity contribution in [3.63, 3.8) is 0 Å². The Labute approximate surface area is 122 Å². The Balaban J connectivity index is 1.59. The molecule has 1 aromatic carbocycles. The van der Waals surface area contributed by atoms with Gasteiger partial charge >= 0.3 is 6.03 Å². The number of benzene rings is 1. The van der Waals surface area contributed by atoms with E-state index in [9.17, 15) is 13.6 Å². The topological polar surface area (TPSA) is 44.4 Å². The van der Waals surface area contributed by atoms with Crippen molar-refractivity contribution in [2.45, 2.75) is 12.5 Å². The summed E-state index contributed by atoms with van der Waals surface area (Å²) >= 11 is 0. The molecule has 2 heterocycles. The van der Waals surface area contributed by atoms with Crippen molar-refractivity contribution in [1.29, 1.82) is 0 Å². The molecule has 0 radical (unpaired) electrons. The Bertz CT molecular complexity index is 493. The van der Waals surface area contributed by atoms with Crippen LogP contribution in [0.4, 0.5) is 13.6 Å². The monoisotopic (exact) mass is 295 g/mol. The smallest absolute Gasteiger partial charge is 0.317 e. The quantitative estimate of drug-likeness (QED) is 0.872. The molecule has 0 unspecified atom stereocenters. The van der Waals surface area contributed by atoms with E-state index in [-0.39, 0.29) is 32.2 Å². The van der Waals surface area contributed by atoms with E-state index in [1.807, 2.05) is 30.3 Å². The normalized spacial score (nSPS) is 27.2. The number of alkyl halides is 2. The summed E-state index contributed by atoms with van der Waals surface area (Å²) in [5.74, 6) is -4.23. The van der Waals surface area contributed by atoms with Crippen molar-refractivity contribution >= 4 is 6.03 Å². The van der Waals surface area contributed by atoms with Crippen LogP contribution in [0.5, 0.6) is 0 Å².